The van der Waals surface area contributed by atoms with Crippen molar-refractivity contribution in [2.75, 3.05) is 33.2 Å². The van der Waals surface area contributed by atoms with E-state index in [9.17, 15) is 0 Å². The second-order valence-corrected chi connectivity index (χ2v) is 4.44. The summed E-state index contributed by atoms with van der Waals surface area (Å²) in [5.74, 6) is 0. The van der Waals surface area contributed by atoms with Gasteiger partial charge in [-0.1, -0.05) is 0 Å². The van der Waals surface area contributed by atoms with Crippen molar-refractivity contribution >= 4 is 0 Å². The molecule has 1 rings (SSSR count). The van der Waals surface area contributed by atoms with E-state index in [-0.39, 0.29) is 0 Å². The predicted octanol–water partition coefficient (Wildman–Crippen LogP) is 0.360. The van der Waals surface area contributed by atoms with Crippen LogP contribution >= 0.6 is 0 Å². The first kappa shape index (κ1) is 11.0. The summed E-state index contributed by atoms with van der Waals surface area (Å²) in [7, 11) is 2.20. The van der Waals surface area contributed by atoms with Crippen LogP contribution in [0, 0.1) is 0 Å². The molecule has 1 saturated heterocycles. The van der Waals surface area contributed by atoms with Crippen molar-refractivity contribution in [2.24, 2.45) is 5.73 Å². The third-order valence-electron chi connectivity index (χ3n) is 2.71. The second kappa shape index (κ2) is 4.94. The Bertz CT molecular complexity index is 147. The van der Waals surface area contributed by atoms with E-state index in [2.05, 4.69) is 30.7 Å². The molecule has 0 aliphatic carbocycles. The van der Waals surface area contributed by atoms with Crippen molar-refractivity contribution in [1.29, 1.82) is 0 Å². The molecule has 2 atom stereocenters. The lowest BCUT2D eigenvalue weighted by Gasteiger charge is -2.29. The fourth-order valence-electron chi connectivity index (χ4n) is 2.06. The average Bonchev–Trinajstić information content (AvgIpc) is 2.13. The Morgan fingerprint density at radius 2 is 2.15 bits per heavy atom. The minimum atomic E-state index is 0.297. The topological polar surface area (TPSA) is 32.5 Å². The Hall–Kier alpha value is -0.120. The molecule has 1 fully saturated rings. The van der Waals surface area contributed by atoms with Crippen LogP contribution in [0.15, 0.2) is 0 Å². The van der Waals surface area contributed by atoms with Gasteiger partial charge in [-0.15, -0.1) is 0 Å². The molecule has 1 aliphatic heterocycles. The van der Waals surface area contributed by atoms with Crippen molar-refractivity contribution in [1.82, 2.24) is 9.80 Å². The lowest BCUT2D eigenvalue weighted by Crippen LogP contribution is -2.43. The Morgan fingerprint density at radius 1 is 1.46 bits per heavy atom. The molecule has 0 aromatic carbocycles. The fourth-order valence-corrected chi connectivity index (χ4v) is 2.06. The van der Waals surface area contributed by atoms with Gasteiger partial charge >= 0.3 is 0 Å². The number of hydrogen-bond donors (Lipinski definition) is 1. The normalized spacial score (nSPS) is 30.0. The SMILES string of the molecule is CC(N)CN1CCCN(C)CC1C. The maximum absolute atomic E-state index is 5.82. The lowest BCUT2D eigenvalue weighted by molar-refractivity contribution is 0.194. The maximum Gasteiger partial charge on any atom is 0.0195 e. The molecular weight excluding hydrogens is 162 g/mol. The molecule has 1 aliphatic rings. The van der Waals surface area contributed by atoms with E-state index in [1.807, 2.05) is 0 Å². The smallest absolute Gasteiger partial charge is 0.0195 e. The summed E-state index contributed by atoms with van der Waals surface area (Å²) >= 11 is 0. The van der Waals surface area contributed by atoms with Crippen molar-refractivity contribution < 1.29 is 0 Å². The molecule has 0 bridgehead atoms. The molecule has 0 saturated carbocycles. The summed E-state index contributed by atoms with van der Waals surface area (Å²) < 4.78 is 0. The monoisotopic (exact) mass is 185 g/mol. The van der Waals surface area contributed by atoms with Gasteiger partial charge in [0.2, 0.25) is 0 Å². The summed E-state index contributed by atoms with van der Waals surface area (Å²) in [6, 6.07) is 0.948. The molecule has 0 aromatic rings. The molecule has 3 heteroatoms. The molecule has 2 N–H and O–H groups in total. The quantitative estimate of drug-likeness (QED) is 0.674. The number of nitrogens with two attached hydrogens (primary N) is 1. The van der Waals surface area contributed by atoms with Gasteiger partial charge in [-0.25, -0.2) is 0 Å². The molecule has 78 valence electrons. The van der Waals surface area contributed by atoms with Gasteiger partial charge in [0.1, 0.15) is 0 Å². The molecular formula is C10H23N3. The van der Waals surface area contributed by atoms with E-state index in [1.54, 1.807) is 0 Å². The van der Waals surface area contributed by atoms with E-state index in [0.717, 1.165) is 6.54 Å². The van der Waals surface area contributed by atoms with Crippen LogP contribution in [0.4, 0.5) is 0 Å². The molecule has 3 nitrogen and oxygen atoms in total. The van der Waals surface area contributed by atoms with Gasteiger partial charge in [-0.3, -0.25) is 4.90 Å². The summed E-state index contributed by atoms with van der Waals surface area (Å²) in [6.07, 6.45) is 1.27. The third-order valence-corrected chi connectivity index (χ3v) is 2.71. The summed E-state index contributed by atoms with van der Waals surface area (Å²) in [5.41, 5.74) is 5.82. The maximum atomic E-state index is 5.82. The first-order valence-corrected chi connectivity index (χ1v) is 5.27. The van der Waals surface area contributed by atoms with Crippen LogP contribution in [0.5, 0.6) is 0 Å². The Kier molecular flexibility index (Phi) is 4.16. The number of likely N-dealkylation sites (N-methyl/N-ethyl adjacent to an activating group) is 1. The highest BCUT2D eigenvalue weighted by atomic mass is 15.2. The first-order chi connectivity index (χ1) is 6.09. The van der Waals surface area contributed by atoms with Crippen LogP contribution in [-0.4, -0.2) is 55.1 Å². The van der Waals surface area contributed by atoms with Gasteiger partial charge in [-0.2, -0.15) is 0 Å². The highest BCUT2D eigenvalue weighted by molar-refractivity contribution is 4.77. The Balaban J connectivity index is 2.43. The van der Waals surface area contributed by atoms with Gasteiger partial charge in [0.15, 0.2) is 0 Å². The zero-order valence-electron chi connectivity index (χ0n) is 9.16. The largest absolute Gasteiger partial charge is 0.327 e. The van der Waals surface area contributed by atoms with Crippen molar-refractivity contribution in [3.63, 3.8) is 0 Å². The van der Waals surface area contributed by atoms with Crippen LogP contribution in [0.2, 0.25) is 0 Å². The number of nitrogens with zero attached hydrogens (tertiary/aromatic N) is 2. The van der Waals surface area contributed by atoms with E-state index in [4.69, 9.17) is 5.73 Å². The van der Waals surface area contributed by atoms with Crippen molar-refractivity contribution in [3.05, 3.63) is 0 Å². The Morgan fingerprint density at radius 3 is 2.77 bits per heavy atom. The molecule has 0 radical (unpaired) electrons. The Labute approximate surface area is 81.9 Å². The summed E-state index contributed by atoms with van der Waals surface area (Å²) in [6.45, 7) is 9.01. The van der Waals surface area contributed by atoms with E-state index >= 15 is 0 Å². The minimum absolute atomic E-state index is 0.297. The second-order valence-electron chi connectivity index (χ2n) is 4.44. The van der Waals surface area contributed by atoms with Gasteiger partial charge in [0.05, 0.1) is 0 Å². The zero-order chi connectivity index (χ0) is 9.84. The predicted molar refractivity (Wildman–Crippen MR) is 56.8 cm³/mol. The van der Waals surface area contributed by atoms with Crippen molar-refractivity contribution in [2.45, 2.75) is 32.4 Å². The third kappa shape index (κ3) is 3.63. The van der Waals surface area contributed by atoms with Gasteiger partial charge in [0.25, 0.3) is 0 Å². The van der Waals surface area contributed by atoms with E-state index in [0.29, 0.717) is 12.1 Å². The fraction of sp³-hybridized carbons (Fsp3) is 1.00. The van der Waals surface area contributed by atoms with Crippen molar-refractivity contribution in [3.8, 4) is 0 Å². The highest BCUT2D eigenvalue weighted by Gasteiger charge is 2.19. The number of hydrogen-bond acceptors (Lipinski definition) is 3. The van der Waals surface area contributed by atoms with Crippen LogP contribution in [0.3, 0.4) is 0 Å². The van der Waals surface area contributed by atoms with E-state index in [1.165, 1.54) is 26.1 Å². The van der Waals surface area contributed by atoms with Gasteiger partial charge in [0, 0.05) is 25.2 Å². The van der Waals surface area contributed by atoms with Gasteiger partial charge < -0.3 is 10.6 Å². The van der Waals surface area contributed by atoms with Crippen LogP contribution in [0.1, 0.15) is 20.3 Å². The molecule has 0 amide bonds. The zero-order valence-corrected chi connectivity index (χ0v) is 9.16. The lowest BCUT2D eigenvalue weighted by atomic mass is 10.2. The van der Waals surface area contributed by atoms with E-state index < -0.39 is 0 Å². The highest BCUT2D eigenvalue weighted by Crippen LogP contribution is 2.08. The molecule has 13 heavy (non-hydrogen) atoms. The number of rotatable bonds is 2. The molecule has 0 spiro atoms. The average molecular weight is 185 g/mol. The van der Waals surface area contributed by atoms with Crippen LogP contribution in [-0.2, 0) is 0 Å². The minimum Gasteiger partial charge on any atom is -0.327 e. The molecule has 0 aromatic heterocycles. The van der Waals surface area contributed by atoms with Crippen LogP contribution < -0.4 is 5.73 Å². The first-order valence-electron chi connectivity index (χ1n) is 5.27. The standard InChI is InChI=1S/C10H23N3/c1-9(11)7-13-6-4-5-12(3)8-10(13)2/h9-10H,4-8,11H2,1-3H3. The summed E-state index contributed by atoms with van der Waals surface area (Å²) in [5, 5.41) is 0. The van der Waals surface area contributed by atoms with Gasteiger partial charge in [-0.05, 0) is 40.4 Å². The molecule has 2 unspecified atom stereocenters. The molecule has 1 heterocycles. The summed E-state index contributed by atoms with van der Waals surface area (Å²) in [4.78, 5) is 4.92. The van der Waals surface area contributed by atoms with Crippen LogP contribution in [0.25, 0.3) is 0 Å².